The van der Waals surface area contributed by atoms with Crippen LogP contribution in [-0.4, -0.2) is 28.6 Å². The molecule has 0 radical (unpaired) electrons. The number of carbonyl (C=O) groups is 1. The molecule has 0 spiro atoms. The van der Waals surface area contributed by atoms with Gasteiger partial charge in [-0.3, -0.25) is 9.59 Å². The normalized spacial score (nSPS) is 11.5. The van der Waals surface area contributed by atoms with Crippen LogP contribution in [0.15, 0.2) is 51.7 Å². The molecule has 3 rings (SSSR count). The summed E-state index contributed by atoms with van der Waals surface area (Å²) >= 11 is 3.25. The van der Waals surface area contributed by atoms with E-state index in [0.29, 0.717) is 17.7 Å². The predicted octanol–water partition coefficient (Wildman–Crippen LogP) is 3.25. The van der Waals surface area contributed by atoms with Crippen LogP contribution < -0.4 is 21.3 Å². The van der Waals surface area contributed by atoms with Gasteiger partial charge in [-0.15, -0.1) is 12.4 Å². The summed E-state index contributed by atoms with van der Waals surface area (Å²) in [5.41, 5.74) is 8.28. The molecule has 0 aliphatic heterocycles. The van der Waals surface area contributed by atoms with Crippen molar-refractivity contribution in [1.82, 2.24) is 10.3 Å². The molecule has 7 nitrogen and oxygen atoms in total. The van der Waals surface area contributed by atoms with Gasteiger partial charge in [-0.05, 0) is 46.1 Å². The Hall–Kier alpha value is -2.79. The maximum Gasteiger partial charge on any atom is 0.266 e. The second-order valence-corrected chi connectivity index (χ2v) is 8.52. The number of aliphatic hydroxyl groups is 1. The van der Waals surface area contributed by atoms with Gasteiger partial charge in [0.25, 0.3) is 5.56 Å². The summed E-state index contributed by atoms with van der Waals surface area (Å²) in [7, 11) is 0. The van der Waals surface area contributed by atoms with Crippen LogP contribution in [-0.2, 0) is 24.4 Å². The van der Waals surface area contributed by atoms with Gasteiger partial charge in [0.05, 0.1) is 6.61 Å². The molecular formula is C24H25BrClF2N3O4. The molecule has 3 aromatic rings. The lowest BCUT2D eigenvalue weighted by atomic mass is 10.0. The number of amides is 1. The summed E-state index contributed by atoms with van der Waals surface area (Å²) in [6, 6.07) is 9.66. The number of hydrogen-bond donors (Lipinski definition) is 4. The van der Waals surface area contributed by atoms with Gasteiger partial charge in [-0.25, -0.2) is 8.78 Å². The average Bonchev–Trinajstić information content (AvgIpc) is 2.82. The molecule has 1 amide bonds. The monoisotopic (exact) mass is 571 g/mol. The van der Waals surface area contributed by atoms with Crippen molar-refractivity contribution in [3.05, 3.63) is 96.9 Å². The molecular weight excluding hydrogens is 548 g/mol. The van der Waals surface area contributed by atoms with E-state index in [0.717, 1.165) is 23.3 Å². The second kappa shape index (κ2) is 12.8. The average molecular weight is 573 g/mol. The van der Waals surface area contributed by atoms with E-state index in [9.17, 15) is 18.4 Å². The summed E-state index contributed by atoms with van der Waals surface area (Å²) in [5, 5.41) is 11.6. The third-order valence-electron chi connectivity index (χ3n) is 5.22. The molecule has 0 unspecified atom stereocenters. The third kappa shape index (κ3) is 7.35. The van der Waals surface area contributed by atoms with Gasteiger partial charge in [0.1, 0.15) is 34.5 Å². The molecule has 11 heteroatoms. The number of ether oxygens (including phenoxy) is 1. The minimum absolute atomic E-state index is 0. The molecule has 0 saturated heterocycles. The number of nitrogens with one attached hydrogen (secondary N) is 2. The smallest absolute Gasteiger partial charge is 0.266 e. The van der Waals surface area contributed by atoms with Gasteiger partial charge in [0.2, 0.25) is 5.91 Å². The molecule has 35 heavy (non-hydrogen) atoms. The van der Waals surface area contributed by atoms with Gasteiger partial charge in [0.15, 0.2) is 0 Å². The zero-order chi connectivity index (χ0) is 24.8. The minimum atomic E-state index is -0.970. The standard InChI is InChI=1S/C24H24BrF2N3O4.ClH/c1-13-18(8-14-2-4-15(5-3-14)10-29-23(32)20(28)11-31)22(21(25)24(33)30-13)34-12-16-6-7-17(26)9-19(16)27;/h2-7,9,20,31H,8,10-12,28H2,1H3,(H,29,32)(H,30,33);1H/t20-;/m0./s1. The Balaban J connectivity index is 0.00000432. The van der Waals surface area contributed by atoms with Gasteiger partial charge in [0, 0.05) is 35.9 Å². The molecule has 1 heterocycles. The number of benzene rings is 2. The highest BCUT2D eigenvalue weighted by molar-refractivity contribution is 9.10. The van der Waals surface area contributed by atoms with Gasteiger partial charge < -0.3 is 25.9 Å². The van der Waals surface area contributed by atoms with Gasteiger partial charge >= 0.3 is 0 Å². The van der Waals surface area contributed by atoms with Gasteiger partial charge in [-0.2, -0.15) is 0 Å². The van der Waals surface area contributed by atoms with E-state index in [4.69, 9.17) is 15.6 Å². The minimum Gasteiger partial charge on any atom is -0.487 e. The number of aromatic amines is 1. The summed E-state index contributed by atoms with van der Waals surface area (Å²) in [6.07, 6.45) is 0.407. The first kappa shape index (κ1) is 28.4. The largest absolute Gasteiger partial charge is 0.487 e. The quantitative estimate of drug-likeness (QED) is 0.314. The van der Waals surface area contributed by atoms with Crippen molar-refractivity contribution in [2.75, 3.05) is 6.61 Å². The molecule has 0 bridgehead atoms. The first-order chi connectivity index (χ1) is 16.2. The number of nitrogens with two attached hydrogens (primary N) is 1. The Labute approximate surface area is 215 Å². The van der Waals surface area contributed by atoms with Crippen molar-refractivity contribution < 1.29 is 23.4 Å². The zero-order valence-corrected chi connectivity index (χ0v) is 21.1. The number of halogens is 4. The van der Waals surface area contributed by atoms with Crippen LogP contribution in [0.5, 0.6) is 5.75 Å². The molecule has 188 valence electrons. The number of hydrogen-bond acceptors (Lipinski definition) is 5. The fraction of sp³-hybridized carbons (Fsp3) is 0.250. The topological polar surface area (TPSA) is 117 Å². The second-order valence-electron chi connectivity index (χ2n) is 7.73. The summed E-state index contributed by atoms with van der Waals surface area (Å²) in [5.74, 6) is -1.59. The highest BCUT2D eigenvalue weighted by Gasteiger charge is 2.17. The van der Waals surface area contributed by atoms with E-state index < -0.39 is 30.2 Å². The van der Waals surface area contributed by atoms with Crippen LogP contribution in [0.1, 0.15) is 27.9 Å². The summed E-state index contributed by atoms with van der Waals surface area (Å²) < 4.78 is 33.2. The summed E-state index contributed by atoms with van der Waals surface area (Å²) in [6.45, 7) is 1.38. The summed E-state index contributed by atoms with van der Waals surface area (Å²) in [4.78, 5) is 26.7. The van der Waals surface area contributed by atoms with Crippen molar-refractivity contribution in [2.45, 2.75) is 32.5 Å². The number of carbonyl (C=O) groups excluding carboxylic acids is 1. The lowest BCUT2D eigenvalue weighted by Crippen LogP contribution is -2.42. The lowest BCUT2D eigenvalue weighted by Gasteiger charge is -2.16. The third-order valence-corrected chi connectivity index (χ3v) is 5.94. The fourth-order valence-corrected chi connectivity index (χ4v) is 3.69. The molecule has 1 atom stereocenters. The van der Waals surface area contributed by atoms with Crippen molar-refractivity contribution >= 4 is 34.2 Å². The fourth-order valence-electron chi connectivity index (χ4n) is 3.24. The van der Waals surface area contributed by atoms with Crippen molar-refractivity contribution in [2.24, 2.45) is 5.73 Å². The molecule has 5 N–H and O–H groups in total. The lowest BCUT2D eigenvalue weighted by molar-refractivity contribution is -0.123. The molecule has 0 saturated carbocycles. The van der Waals surface area contributed by atoms with Crippen molar-refractivity contribution in [3.63, 3.8) is 0 Å². The van der Waals surface area contributed by atoms with Crippen molar-refractivity contribution in [3.8, 4) is 5.75 Å². The molecule has 0 aliphatic carbocycles. The predicted molar refractivity (Wildman–Crippen MR) is 134 cm³/mol. The van der Waals surface area contributed by atoms with E-state index in [-0.39, 0.29) is 46.9 Å². The Kier molecular flexibility index (Phi) is 10.4. The van der Waals surface area contributed by atoms with Crippen LogP contribution >= 0.6 is 28.3 Å². The van der Waals surface area contributed by atoms with Crippen LogP contribution in [0.2, 0.25) is 0 Å². The number of rotatable bonds is 9. The number of pyridine rings is 1. The highest BCUT2D eigenvalue weighted by Crippen LogP contribution is 2.31. The van der Waals surface area contributed by atoms with Crippen LogP contribution in [0.4, 0.5) is 8.78 Å². The molecule has 0 fully saturated rings. The first-order valence-electron chi connectivity index (χ1n) is 10.4. The maximum atomic E-state index is 14.0. The van der Waals surface area contributed by atoms with Gasteiger partial charge in [-0.1, -0.05) is 24.3 Å². The van der Waals surface area contributed by atoms with Crippen LogP contribution in [0.25, 0.3) is 0 Å². The number of aryl methyl sites for hydroxylation is 1. The van der Waals surface area contributed by atoms with E-state index >= 15 is 0 Å². The van der Waals surface area contributed by atoms with Crippen LogP contribution in [0.3, 0.4) is 0 Å². The Morgan fingerprint density at radius 2 is 1.86 bits per heavy atom. The Morgan fingerprint density at radius 1 is 1.20 bits per heavy atom. The zero-order valence-electron chi connectivity index (χ0n) is 18.7. The Bertz CT molecular complexity index is 1240. The maximum absolute atomic E-state index is 14.0. The van der Waals surface area contributed by atoms with E-state index in [1.165, 1.54) is 6.07 Å². The Morgan fingerprint density at radius 3 is 2.49 bits per heavy atom. The number of aliphatic hydroxyl groups excluding tert-OH is 1. The van der Waals surface area contributed by atoms with Crippen LogP contribution in [0, 0.1) is 18.6 Å². The van der Waals surface area contributed by atoms with E-state index in [2.05, 4.69) is 26.2 Å². The molecule has 0 aliphatic rings. The van der Waals surface area contributed by atoms with E-state index in [1.807, 2.05) is 24.3 Å². The van der Waals surface area contributed by atoms with Crippen molar-refractivity contribution in [1.29, 1.82) is 0 Å². The molecule has 2 aromatic carbocycles. The highest BCUT2D eigenvalue weighted by atomic mass is 79.9. The first-order valence-corrected chi connectivity index (χ1v) is 11.2. The number of aromatic nitrogens is 1. The number of H-pyrrole nitrogens is 1. The van der Waals surface area contributed by atoms with E-state index in [1.54, 1.807) is 6.92 Å². The molecule has 1 aromatic heterocycles. The SMILES string of the molecule is Cc1[nH]c(=O)c(Br)c(OCc2ccc(F)cc2F)c1Cc1ccc(CNC(=O)[C@@H](N)CO)cc1.Cl.